The molecule has 0 saturated carbocycles. The van der Waals surface area contributed by atoms with Crippen LogP contribution in [0.1, 0.15) is 16.4 Å². The van der Waals surface area contributed by atoms with Gasteiger partial charge < -0.3 is 9.88 Å². The van der Waals surface area contributed by atoms with Gasteiger partial charge in [-0.15, -0.1) is 11.3 Å². The first-order valence-electron chi connectivity index (χ1n) is 10.1. The zero-order chi connectivity index (χ0) is 21.4. The van der Waals surface area contributed by atoms with Gasteiger partial charge in [-0.1, -0.05) is 36.4 Å². The molecule has 5 rings (SSSR count). The van der Waals surface area contributed by atoms with Crippen LogP contribution in [0.2, 0.25) is 0 Å². The summed E-state index contributed by atoms with van der Waals surface area (Å²) in [5.41, 5.74) is 1.14. The van der Waals surface area contributed by atoms with Gasteiger partial charge in [-0.3, -0.25) is 0 Å². The van der Waals surface area contributed by atoms with Crippen LogP contribution in [0.3, 0.4) is 0 Å². The van der Waals surface area contributed by atoms with Gasteiger partial charge in [0.1, 0.15) is 4.83 Å². The zero-order valence-electron chi connectivity index (χ0n) is 17.0. The van der Waals surface area contributed by atoms with E-state index in [9.17, 15) is 8.42 Å². The SMILES string of the molecule is Cn1cnc(S(=O)(=O)N2C[C@H](NCc3cc4cccnc4s3)[C@@H](c3ccccc3)C2)c1. The molecule has 4 aromatic rings. The fourth-order valence-corrected chi connectivity index (χ4v) is 6.51. The fourth-order valence-electron chi connectivity index (χ4n) is 4.11. The average Bonchev–Trinajstić information content (AvgIpc) is 3.50. The Kier molecular flexibility index (Phi) is 5.35. The van der Waals surface area contributed by atoms with Crippen LogP contribution in [0.5, 0.6) is 0 Å². The summed E-state index contributed by atoms with van der Waals surface area (Å²) in [5, 5.41) is 4.85. The maximum Gasteiger partial charge on any atom is 0.262 e. The number of benzene rings is 1. The third kappa shape index (κ3) is 4.01. The summed E-state index contributed by atoms with van der Waals surface area (Å²) in [7, 11) is -1.87. The lowest BCUT2D eigenvalue weighted by molar-refractivity contribution is 0.454. The van der Waals surface area contributed by atoms with E-state index in [1.54, 1.807) is 39.7 Å². The zero-order valence-corrected chi connectivity index (χ0v) is 18.7. The molecule has 0 amide bonds. The van der Waals surface area contributed by atoms with Crippen LogP contribution < -0.4 is 5.32 Å². The summed E-state index contributed by atoms with van der Waals surface area (Å²) in [6.07, 6.45) is 4.87. The molecule has 9 heteroatoms. The highest BCUT2D eigenvalue weighted by atomic mass is 32.2. The molecule has 3 aromatic heterocycles. The van der Waals surface area contributed by atoms with Gasteiger partial charge in [0.05, 0.1) is 6.33 Å². The Balaban J connectivity index is 1.39. The van der Waals surface area contributed by atoms with Crippen LogP contribution in [-0.2, 0) is 23.6 Å². The second kappa shape index (κ2) is 8.16. The van der Waals surface area contributed by atoms with E-state index in [1.165, 1.54) is 11.2 Å². The Hall–Kier alpha value is -2.59. The van der Waals surface area contributed by atoms with Gasteiger partial charge in [0.25, 0.3) is 10.0 Å². The van der Waals surface area contributed by atoms with Crippen molar-refractivity contribution < 1.29 is 8.42 Å². The molecule has 4 heterocycles. The van der Waals surface area contributed by atoms with Crippen LogP contribution in [0.15, 0.2) is 72.3 Å². The van der Waals surface area contributed by atoms with E-state index in [2.05, 4.69) is 39.6 Å². The summed E-state index contributed by atoms with van der Waals surface area (Å²) in [4.78, 5) is 10.7. The predicted molar refractivity (Wildman–Crippen MR) is 121 cm³/mol. The average molecular weight is 454 g/mol. The third-order valence-corrected chi connectivity index (χ3v) is 8.46. The van der Waals surface area contributed by atoms with Crippen LogP contribution in [-0.4, -0.2) is 46.4 Å². The molecular weight excluding hydrogens is 430 g/mol. The molecule has 1 N–H and O–H groups in total. The molecule has 1 saturated heterocycles. The van der Waals surface area contributed by atoms with Gasteiger partial charge in [0.15, 0.2) is 5.03 Å². The summed E-state index contributed by atoms with van der Waals surface area (Å²) >= 11 is 1.67. The number of imidazole rings is 1. The summed E-state index contributed by atoms with van der Waals surface area (Å²) < 4.78 is 29.6. The van der Waals surface area contributed by atoms with E-state index < -0.39 is 10.0 Å². The summed E-state index contributed by atoms with van der Waals surface area (Å²) in [5.74, 6) is 0.0622. The number of nitrogens with zero attached hydrogens (tertiary/aromatic N) is 4. The van der Waals surface area contributed by atoms with Gasteiger partial charge in [-0.05, 0) is 17.7 Å². The first kappa shape index (κ1) is 20.3. The molecule has 1 aliphatic heterocycles. The lowest BCUT2D eigenvalue weighted by Crippen LogP contribution is -2.36. The standard InChI is InChI=1S/C22H23N5O2S2/c1-26-14-21(25-15-26)31(28,29)27-12-19(16-6-3-2-4-7-16)20(13-27)24-11-18-10-17-8-5-9-23-22(17)30-18/h2-10,14-15,19-20,24H,11-13H2,1H3/t19-,20+/m1/s1. The first-order chi connectivity index (χ1) is 15.0. The minimum Gasteiger partial charge on any atom is -0.339 e. The van der Waals surface area contributed by atoms with Crippen molar-refractivity contribution in [1.29, 1.82) is 0 Å². The highest BCUT2D eigenvalue weighted by Crippen LogP contribution is 2.32. The maximum atomic E-state index is 13.2. The third-order valence-electron chi connectivity index (χ3n) is 5.68. The van der Waals surface area contributed by atoms with Crippen molar-refractivity contribution in [2.24, 2.45) is 7.05 Å². The molecule has 7 nitrogen and oxygen atoms in total. The predicted octanol–water partition coefficient (Wildman–Crippen LogP) is 2.98. The molecule has 31 heavy (non-hydrogen) atoms. The molecule has 2 atom stereocenters. The molecule has 0 radical (unpaired) electrons. The second-order valence-corrected chi connectivity index (χ2v) is 10.8. The molecule has 0 spiro atoms. The molecule has 1 aromatic carbocycles. The quantitative estimate of drug-likeness (QED) is 0.486. The monoisotopic (exact) mass is 453 g/mol. The van der Waals surface area contributed by atoms with Crippen molar-refractivity contribution in [1.82, 2.24) is 24.2 Å². The number of aryl methyl sites for hydroxylation is 1. The molecule has 0 aliphatic carbocycles. The van der Waals surface area contributed by atoms with E-state index in [4.69, 9.17) is 0 Å². The van der Waals surface area contributed by atoms with Crippen LogP contribution in [0.4, 0.5) is 0 Å². The summed E-state index contributed by atoms with van der Waals surface area (Å²) in [6, 6.07) is 16.3. The highest BCUT2D eigenvalue weighted by Gasteiger charge is 2.40. The van der Waals surface area contributed by atoms with Crippen LogP contribution in [0, 0.1) is 0 Å². The van der Waals surface area contributed by atoms with E-state index in [0.29, 0.717) is 19.6 Å². The van der Waals surface area contributed by atoms with E-state index >= 15 is 0 Å². The van der Waals surface area contributed by atoms with Gasteiger partial charge >= 0.3 is 0 Å². The normalized spacial score (nSPS) is 19.9. The number of rotatable bonds is 6. The Morgan fingerprint density at radius 1 is 1.13 bits per heavy atom. The smallest absolute Gasteiger partial charge is 0.262 e. The van der Waals surface area contributed by atoms with E-state index in [0.717, 1.165) is 15.8 Å². The van der Waals surface area contributed by atoms with E-state index in [1.807, 2.05) is 24.3 Å². The van der Waals surface area contributed by atoms with Crippen LogP contribution >= 0.6 is 11.3 Å². The summed E-state index contributed by atoms with van der Waals surface area (Å²) in [6.45, 7) is 1.50. The lowest BCUT2D eigenvalue weighted by Gasteiger charge is -2.19. The number of pyridine rings is 1. The lowest BCUT2D eigenvalue weighted by atomic mass is 9.94. The van der Waals surface area contributed by atoms with Gasteiger partial charge in [-0.25, -0.2) is 18.4 Å². The van der Waals surface area contributed by atoms with Crippen molar-refractivity contribution in [3.8, 4) is 0 Å². The van der Waals surface area contributed by atoms with Gasteiger partial charge in [0.2, 0.25) is 0 Å². The molecule has 0 bridgehead atoms. The Morgan fingerprint density at radius 2 is 1.97 bits per heavy atom. The molecular formula is C22H23N5O2S2. The van der Waals surface area contributed by atoms with Crippen molar-refractivity contribution in [3.63, 3.8) is 0 Å². The number of hydrogen-bond donors (Lipinski definition) is 1. The van der Waals surface area contributed by atoms with E-state index in [-0.39, 0.29) is 17.0 Å². The van der Waals surface area contributed by atoms with Crippen molar-refractivity contribution in [2.45, 2.75) is 23.5 Å². The minimum absolute atomic E-state index is 0.000872. The maximum absolute atomic E-state index is 13.2. The molecule has 1 aliphatic rings. The van der Waals surface area contributed by atoms with Crippen molar-refractivity contribution in [3.05, 3.63) is 77.7 Å². The molecule has 160 valence electrons. The number of hydrogen-bond acceptors (Lipinski definition) is 6. The Morgan fingerprint density at radius 3 is 2.71 bits per heavy atom. The number of nitrogens with one attached hydrogen (secondary N) is 1. The fraction of sp³-hybridized carbons (Fsp3) is 0.273. The minimum atomic E-state index is -3.64. The molecule has 0 unspecified atom stereocenters. The van der Waals surface area contributed by atoms with Crippen molar-refractivity contribution >= 4 is 31.6 Å². The topological polar surface area (TPSA) is 80.1 Å². The van der Waals surface area contributed by atoms with Crippen LogP contribution in [0.25, 0.3) is 10.2 Å². The Labute approximate surface area is 185 Å². The second-order valence-electron chi connectivity index (χ2n) is 7.81. The van der Waals surface area contributed by atoms with Crippen molar-refractivity contribution in [2.75, 3.05) is 13.1 Å². The Bertz CT molecular complexity index is 1270. The number of aromatic nitrogens is 3. The highest BCUT2D eigenvalue weighted by molar-refractivity contribution is 7.89. The first-order valence-corrected chi connectivity index (χ1v) is 12.4. The molecule has 1 fully saturated rings. The largest absolute Gasteiger partial charge is 0.339 e. The van der Waals surface area contributed by atoms with Gasteiger partial charge in [-0.2, -0.15) is 4.31 Å². The number of fused-ring (bicyclic) bond motifs is 1. The van der Waals surface area contributed by atoms with Gasteiger partial charge in [0, 0.05) is 61.3 Å². The number of thiophene rings is 1. The number of sulfonamides is 1.